The molecule has 0 radical (unpaired) electrons. The zero-order chi connectivity index (χ0) is 9.28. The van der Waals surface area contributed by atoms with Gasteiger partial charge >= 0.3 is 0 Å². The highest BCUT2D eigenvalue weighted by Crippen LogP contribution is 2.23. The fraction of sp³-hybridized carbons (Fsp3) is 1.00. The summed E-state index contributed by atoms with van der Waals surface area (Å²) in [5, 5.41) is 9.12. The van der Waals surface area contributed by atoms with Crippen LogP contribution in [0.2, 0.25) is 0 Å². The van der Waals surface area contributed by atoms with Crippen molar-refractivity contribution in [3.8, 4) is 0 Å². The molecule has 2 heteroatoms. The molecule has 1 N–H and O–H groups in total. The maximum Gasteiger partial charge on any atom is 0.0964 e. The van der Waals surface area contributed by atoms with Gasteiger partial charge in [0.1, 0.15) is 0 Å². The van der Waals surface area contributed by atoms with Crippen LogP contribution in [0, 0.1) is 0 Å². The summed E-state index contributed by atoms with van der Waals surface area (Å²) in [4.78, 5) is 2.06. The molecule has 0 rings (SSSR count). The summed E-state index contributed by atoms with van der Waals surface area (Å²) in [6, 6.07) is 0. The highest BCUT2D eigenvalue weighted by Gasteiger charge is 2.30. The van der Waals surface area contributed by atoms with Gasteiger partial charge in [0.25, 0.3) is 0 Å². The fourth-order valence-corrected chi connectivity index (χ4v) is 1.43. The summed E-state index contributed by atoms with van der Waals surface area (Å²) in [5.74, 6) is 0. The first-order chi connectivity index (χ1) is 4.69. The summed E-state index contributed by atoms with van der Waals surface area (Å²) in [6.07, 6.45) is 0. The fourth-order valence-electron chi connectivity index (χ4n) is 1.43. The summed E-state index contributed by atoms with van der Waals surface area (Å²) >= 11 is 0. The molecule has 0 aliphatic rings. The molecule has 2 nitrogen and oxygen atoms in total. The number of aliphatic hydroxyl groups is 1. The summed E-state index contributed by atoms with van der Waals surface area (Å²) in [5.41, 5.74) is 0.0694. The monoisotopic (exact) mass is 159 g/mol. The number of rotatable bonds is 1. The molecule has 0 bridgehead atoms. The first-order valence-corrected chi connectivity index (χ1v) is 4.08. The van der Waals surface area contributed by atoms with Crippen LogP contribution in [-0.2, 0) is 0 Å². The van der Waals surface area contributed by atoms with Gasteiger partial charge in [-0.15, -0.1) is 0 Å². The zero-order valence-electron chi connectivity index (χ0n) is 8.60. The molecular formula is C9H21NO. The van der Waals surface area contributed by atoms with Gasteiger partial charge in [-0.3, -0.25) is 4.90 Å². The molecule has 0 aromatic carbocycles. The molecule has 0 spiro atoms. The lowest BCUT2D eigenvalue weighted by molar-refractivity contribution is -0.0348. The highest BCUT2D eigenvalue weighted by atomic mass is 16.3. The van der Waals surface area contributed by atoms with E-state index in [0.29, 0.717) is 0 Å². The Bertz CT molecular complexity index is 105. The summed E-state index contributed by atoms with van der Waals surface area (Å²) in [6.45, 7) is 12.8. The highest BCUT2D eigenvalue weighted by molar-refractivity contribution is 4.84. The van der Waals surface area contributed by atoms with Crippen LogP contribution in [0.25, 0.3) is 0 Å². The molecule has 0 amide bonds. The third kappa shape index (κ3) is 3.21. The Morgan fingerprint density at radius 3 is 1.18 bits per heavy atom. The van der Waals surface area contributed by atoms with Crippen molar-refractivity contribution < 1.29 is 5.11 Å². The van der Waals surface area contributed by atoms with Crippen LogP contribution in [0.3, 0.4) is 0 Å². The maximum absolute atomic E-state index is 9.12. The number of hydrogen-bond donors (Lipinski definition) is 1. The molecule has 0 unspecified atom stereocenters. The molecule has 11 heavy (non-hydrogen) atoms. The minimum absolute atomic E-state index is 0.0347. The van der Waals surface area contributed by atoms with Gasteiger partial charge in [0.15, 0.2) is 0 Å². The zero-order valence-corrected chi connectivity index (χ0v) is 8.60. The predicted octanol–water partition coefficient (Wildman–Crippen LogP) is 1.84. The molecule has 0 fully saturated rings. The van der Waals surface area contributed by atoms with Gasteiger partial charge in [0.2, 0.25) is 0 Å². The third-order valence-corrected chi connectivity index (χ3v) is 1.76. The second-order valence-electron chi connectivity index (χ2n) is 4.91. The van der Waals surface area contributed by atoms with E-state index < -0.39 is 0 Å². The van der Waals surface area contributed by atoms with E-state index in [1.54, 1.807) is 0 Å². The molecule has 0 atom stereocenters. The molecule has 0 heterocycles. The number of nitrogens with zero attached hydrogens (tertiary/aromatic N) is 1. The topological polar surface area (TPSA) is 23.5 Å². The number of aliphatic hydroxyl groups excluding tert-OH is 1. The van der Waals surface area contributed by atoms with E-state index in [2.05, 4.69) is 46.4 Å². The molecular weight excluding hydrogens is 138 g/mol. The molecule has 0 aliphatic carbocycles. The largest absolute Gasteiger partial charge is 0.381 e. The van der Waals surface area contributed by atoms with Crippen molar-refractivity contribution in [1.29, 1.82) is 0 Å². The minimum atomic E-state index is 0.0347. The summed E-state index contributed by atoms with van der Waals surface area (Å²) in [7, 11) is 0. The standard InChI is InChI=1S/C9H21NO/c1-8(2,3)10(7-11)9(4,5)6/h11H,7H2,1-6H3. The first kappa shape index (κ1) is 10.9. The maximum atomic E-state index is 9.12. The molecule has 0 aliphatic heterocycles. The molecule has 68 valence electrons. The lowest BCUT2D eigenvalue weighted by Gasteiger charge is -2.43. The van der Waals surface area contributed by atoms with Crippen molar-refractivity contribution in [2.24, 2.45) is 0 Å². The van der Waals surface area contributed by atoms with Crippen molar-refractivity contribution in [3.63, 3.8) is 0 Å². The van der Waals surface area contributed by atoms with E-state index in [1.165, 1.54) is 0 Å². The van der Waals surface area contributed by atoms with Crippen LogP contribution in [0.1, 0.15) is 41.5 Å². The van der Waals surface area contributed by atoms with E-state index >= 15 is 0 Å². The van der Waals surface area contributed by atoms with E-state index in [1.807, 2.05) is 0 Å². The van der Waals surface area contributed by atoms with Crippen LogP contribution in [0.4, 0.5) is 0 Å². The van der Waals surface area contributed by atoms with Gasteiger partial charge in [-0.2, -0.15) is 0 Å². The average Bonchev–Trinajstić information content (AvgIpc) is 1.56. The smallest absolute Gasteiger partial charge is 0.0964 e. The van der Waals surface area contributed by atoms with Crippen molar-refractivity contribution in [1.82, 2.24) is 4.90 Å². The van der Waals surface area contributed by atoms with E-state index in [4.69, 9.17) is 5.11 Å². The quantitative estimate of drug-likeness (QED) is 0.590. The van der Waals surface area contributed by atoms with Gasteiger partial charge in [-0.1, -0.05) is 0 Å². The second kappa shape index (κ2) is 3.11. The van der Waals surface area contributed by atoms with Gasteiger partial charge in [0.05, 0.1) is 6.73 Å². The van der Waals surface area contributed by atoms with Gasteiger partial charge in [0, 0.05) is 11.1 Å². The van der Waals surface area contributed by atoms with Crippen LogP contribution in [0.5, 0.6) is 0 Å². The average molecular weight is 159 g/mol. The van der Waals surface area contributed by atoms with Crippen molar-refractivity contribution in [2.45, 2.75) is 52.6 Å². The normalized spacial score (nSPS) is 14.2. The lowest BCUT2D eigenvalue weighted by Crippen LogP contribution is -2.52. The molecule has 0 saturated carbocycles. The first-order valence-electron chi connectivity index (χ1n) is 4.08. The van der Waals surface area contributed by atoms with Crippen molar-refractivity contribution in [3.05, 3.63) is 0 Å². The lowest BCUT2D eigenvalue weighted by atomic mass is 9.97. The number of hydrogen-bond acceptors (Lipinski definition) is 2. The summed E-state index contributed by atoms with van der Waals surface area (Å²) < 4.78 is 0. The van der Waals surface area contributed by atoms with Gasteiger partial charge < -0.3 is 5.11 Å². The van der Waals surface area contributed by atoms with E-state index in [0.717, 1.165) is 0 Å². The van der Waals surface area contributed by atoms with E-state index in [-0.39, 0.29) is 17.8 Å². The van der Waals surface area contributed by atoms with Crippen LogP contribution in [-0.4, -0.2) is 27.8 Å². The minimum Gasteiger partial charge on any atom is -0.381 e. The van der Waals surface area contributed by atoms with Crippen molar-refractivity contribution >= 4 is 0 Å². The Morgan fingerprint density at radius 2 is 1.18 bits per heavy atom. The Labute approximate surface area is 70.2 Å². The Balaban J connectivity index is 4.43. The Morgan fingerprint density at radius 1 is 0.909 bits per heavy atom. The third-order valence-electron chi connectivity index (χ3n) is 1.76. The van der Waals surface area contributed by atoms with Crippen LogP contribution < -0.4 is 0 Å². The SMILES string of the molecule is CC(C)(C)N(CO)C(C)(C)C. The molecule has 0 saturated heterocycles. The predicted molar refractivity (Wildman–Crippen MR) is 48.4 cm³/mol. The Hall–Kier alpha value is -0.0800. The van der Waals surface area contributed by atoms with E-state index in [9.17, 15) is 0 Å². The molecule has 0 aromatic heterocycles. The van der Waals surface area contributed by atoms with Crippen LogP contribution >= 0.6 is 0 Å². The van der Waals surface area contributed by atoms with Gasteiger partial charge in [-0.05, 0) is 41.5 Å². The van der Waals surface area contributed by atoms with Crippen molar-refractivity contribution in [2.75, 3.05) is 6.73 Å². The van der Waals surface area contributed by atoms with Crippen LogP contribution in [0.15, 0.2) is 0 Å². The Kier molecular flexibility index (Phi) is 3.09. The molecule has 0 aromatic rings. The van der Waals surface area contributed by atoms with Gasteiger partial charge in [-0.25, -0.2) is 0 Å². The second-order valence-corrected chi connectivity index (χ2v) is 4.91.